The quantitative estimate of drug-likeness (QED) is 0.851. The number of methoxy groups -OCH3 is 2. The van der Waals surface area contributed by atoms with E-state index in [4.69, 9.17) is 9.47 Å². The minimum absolute atomic E-state index is 0.0937. The van der Waals surface area contributed by atoms with Crippen LogP contribution >= 0.6 is 0 Å². The average Bonchev–Trinajstić information content (AvgIpc) is 2.46. The molecule has 5 nitrogen and oxygen atoms in total. The van der Waals surface area contributed by atoms with Crippen LogP contribution in [-0.4, -0.2) is 25.5 Å². The highest BCUT2D eigenvalue weighted by molar-refractivity contribution is 5.76. The zero-order valence-corrected chi connectivity index (χ0v) is 10.6. The fourth-order valence-corrected chi connectivity index (χ4v) is 1.76. The highest BCUT2D eigenvalue weighted by Crippen LogP contribution is 2.31. The van der Waals surface area contributed by atoms with E-state index in [0.717, 1.165) is 5.56 Å². The number of H-pyrrole nitrogens is 1. The van der Waals surface area contributed by atoms with Gasteiger partial charge in [0.15, 0.2) is 6.29 Å². The lowest BCUT2D eigenvalue weighted by atomic mass is 10.1. The standard InChI is InChI=1S/C14H13NO4/c1-18-10-4-5-11(13(7-10)19-2)12-6-3-9(8-16)14(17)15-12/h3-8H,1-2H3,(H,15,17). The molecule has 0 spiro atoms. The number of nitrogens with one attached hydrogen (secondary N) is 1. The van der Waals surface area contributed by atoms with Gasteiger partial charge in [-0.1, -0.05) is 0 Å². The van der Waals surface area contributed by atoms with Crippen molar-refractivity contribution in [2.24, 2.45) is 0 Å². The van der Waals surface area contributed by atoms with Crippen molar-refractivity contribution in [2.75, 3.05) is 14.2 Å². The summed E-state index contributed by atoms with van der Waals surface area (Å²) in [5.74, 6) is 1.24. The molecule has 0 aliphatic heterocycles. The molecule has 19 heavy (non-hydrogen) atoms. The van der Waals surface area contributed by atoms with E-state index in [0.29, 0.717) is 23.5 Å². The average molecular weight is 259 g/mol. The van der Waals surface area contributed by atoms with Crippen molar-refractivity contribution in [3.63, 3.8) is 0 Å². The minimum atomic E-state index is -0.426. The largest absolute Gasteiger partial charge is 0.497 e. The molecule has 98 valence electrons. The lowest BCUT2D eigenvalue weighted by Crippen LogP contribution is -2.12. The van der Waals surface area contributed by atoms with Gasteiger partial charge in [-0.15, -0.1) is 0 Å². The maximum absolute atomic E-state index is 11.6. The Kier molecular flexibility index (Phi) is 3.66. The Morgan fingerprint density at radius 3 is 2.47 bits per heavy atom. The van der Waals surface area contributed by atoms with Crippen LogP contribution in [0.3, 0.4) is 0 Å². The van der Waals surface area contributed by atoms with Crippen LogP contribution in [0.4, 0.5) is 0 Å². The Hall–Kier alpha value is -2.56. The van der Waals surface area contributed by atoms with Crippen molar-refractivity contribution >= 4 is 6.29 Å². The van der Waals surface area contributed by atoms with Crippen LogP contribution in [0, 0.1) is 0 Å². The second kappa shape index (κ2) is 5.39. The summed E-state index contributed by atoms with van der Waals surface area (Å²) >= 11 is 0. The zero-order chi connectivity index (χ0) is 13.8. The van der Waals surface area contributed by atoms with Crippen LogP contribution in [0.15, 0.2) is 35.1 Å². The lowest BCUT2D eigenvalue weighted by Gasteiger charge is -2.10. The molecule has 0 bridgehead atoms. The molecule has 1 aromatic carbocycles. The normalized spacial score (nSPS) is 10.0. The van der Waals surface area contributed by atoms with Crippen LogP contribution in [0.5, 0.6) is 11.5 Å². The number of hydrogen-bond donors (Lipinski definition) is 1. The van der Waals surface area contributed by atoms with E-state index in [1.54, 1.807) is 31.4 Å². The molecule has 2 rings (SSSR count). The highest BCUT2D eigenvalue weighted by atomic mass is 16.5. The Morgan fingerprint density at radius 2 is 1.89 bits per heavy atom. The van der Waals surface area contributed by atoms with Gasteiger partial charge in [0, 0.05) is 11.6 Å². The van der Waals surface area contributed by atoms with Gasteiger partial charge in [-0.2, -0.15) is 0 Å². The van der Waals surface area contributed by atoms with Crippen molar-refractivity contribution in [1.29, 1.82) is 0 Å². The smallest absolute Gasteiger partial charge is 0.258 e. The molecule has 5 heteroatoms. The van der Waals surface area contributed by atoms with E-state index < -0.39 is 5.56 Å². The van der Waals surface area contributed by atoms with E-state index in [9.17, 15) is 9.59 Å². The number of carbonyl (C=O) groups is 1. The number of rotatable bonds is 4. The highest BCUT2D eigenvalue weighted by Gasteiger charge is 2.09. The van der Waals surface area contributed by atoms with Crippen LogP contribution in [0.25, 0.3) is 11.3 Å². The van der Waals surface area contributed by atoms with Gasteiger partial charge in [0.25, 0.3) is 5.56 Å². The molecule has 0 amide bonds. The third kappa shape index (κ3) is 2.49. The third-order valence-electron chi connectivity index (χ3n) is 2.77. The van der Waals surface area contributed by atoms with Gasteiger partial charge >= 0.3 is 0 Å². The first-order valence-electron chi connectivity index (χ1n) is 5.60. The monoisotopic (exact) mass is 259 g/mol. The first kappa shape index (κ1) is 12.9. The molecule has 0 fully saturated rings. The molecule has 1 heterocycles. The fraction of sp³-hybridized carbons (Fsp3) is 0.143. The third-order valence-corrected chi connectivity index (χ3v) is 2.77. The molecule has 0 unspecified atom stereocenters. The Morgan fingerprint density at radius 1 is 1.11 bits per heavy atom. The lowest BCUT2D eigenvalue weighted by molar-refractivity contribution is 0.112. The maximum atomic E-state index is 11.6. The van der Waals surface area contributed by atoms with Gasteiger partial charge in [0.1, 0.15) is 11.5 Å². The number of hydrogen-bond acceptors (Lipinski definition) is 4. The fourth-order valence-electron chi connectivity index (χ4n) is 1.76. The van der Waals surface area contributed by atoms with Gasteiger partial charge in [-0.05, 0) is 24.3 Å². The molecule has 0 radical (unpaired) electrons. The van der Waals surface area contributed by atoms with Crippen molar-refractivity contribution in [1.82, 2.24) is 4.98 Å². The van der Waals surface area contributed by atoms with Crippen LogP contribution in [0.1, 0.15) is 10.4 Å². The van der Waals surface area contributed by atoms with Gasteiger partial charge in [0.2, 0.25) is 0 Å². The number of carbonyl (C=O) groups excluding carboxylic acids is 1. The topological polar surface area (TPSA) is 68.4 Å². The second-order valence-corrected chi connectivity index (χ2v) is 3.84. The summed E-state index contributed by atoms with van der Waals surface area (Å²) in [5.41, 5.74) is 0.967. The predicted octanol–water partition coefficient (Wildman–Crippen LogP) is 1.87. The maximum Gasteiger partial charge on any atom is 0.258 e. The molecular formula is C14H13NO4. The summed E-state index contributed by atoms with van der Waals surface area (Å²) in [7, 11) is 3.10. The van der Waals surface area contributed by atoms with Gasteiger partial charge in [0.05, 0.1) is 25.5 Å². The number of ether oxygens (including phenoxy) is 2. The predicted molar refractivity (Wildman–Crippen MR) is 71.0 cm³/mol. The number of pyridine rings is 1. The van der Waals surface area contributed by atoms with Crippen molar-refractivity contribution in [3.05, 3.63) is 46.2 Å². The first-order chi connectivity index (χ1) is 9.19. The Bertz CT molecular complexity index is 661. The molecule has 2 aromatic rings. The molecule has 0 atom stereocenters. The molecule has 1 N–H and O–H groups in total. The Labute approximate surface area is 109 Å². The van der Waals surface area contributed by atoms with Crippen molar-refractivity contribution in [2.45, 2.75) is 0 Å². The Balaban J connectivity index is 2.55. The second-order valence-electron chi connectivity index (χ2n) is 3.84. The summed E-state index contributed by atoms with van der Waals surface area (Å²) in [4.78, 5) is 24.9. The van der Waals surface area contributed by atoms with Crippen LogP contribution in [0.2, 0.25) is 0 Å². The summed E-state index contributed by atoms with van der Waals surface area (Å²) in [6, 6.07) is 8.41. The molecule has 0 aliphatic rings. The number of aromatic nitrogens is 1. The van der Waals surface area contributed by atoms with E-state index in [2.05, 4.69) is 4.98 Å². The first-order valence-corrected chi connectivity index (χ1v) is 5.60. The van der Waals surface area contributed by atoms with Gasteiger partial charge in [-0.3, -0.25) is 9.59 Å². The van der Waals surface area contributed by atoms with Gasteiger partial charge in [-0.25, -0.2) is 0 Å². The van der Waals surface area contributed by atoms with Crippen LogP contribution in [-0.2, 0) is 0 Å². The molecule has 0 aliphatic carbocycles. The van der Waals surface area contributed by atoms with E-state index in [1.807, 2.05) is 0 Å². The summed E-state index contributed by atoms with van der Waals surface area (Å²) in [6.45, 7) is 0. The van der Waals surface area contributed by atoms with E-state index in [-0.39, 0.29) is 5.56 Å². The molecule has 0 saturated heterocycles. The van der Waals surface area contributed by atoms with Crippen molar-refractivity contribution in [3.8, 4) is 22.8 Å². The number of aldehydes is 1. The molecule has 0 saturated carbocycles. The SMILES string of the molecule is COc1ccc(-c2ccc(C=O)c(=O)[nH]2)c(OC)c1. The van der Waals surface area contributed by atoms with Gasteiger partial charge < -0.3 is 14.5 Å². The number of aromatic amines is 1. The molecular weight excluding hydrogens is 246 g/mol. The molecule has 1 aromatic heterocycles. The van der Waals surface area contributed by atoms with Crippen molar-refractivity contribution < 1.29 is 14.3 Å². The zero-order valence-electron chi connectivity index (χ0n) is 10.6. The van der Waals surface area contributed by atoms with E-state index in [1.165, 1.54) is 13.2 Å². The minimum Gasteiger partial charge on any atom is -0.497 e. The summed E-state index contributed by atoms with van der Waals surface area (Å²) < 4.78 is 10.4. The van der Waals surface area contributed by atoms with Crippen LogP contribution < -0.4 is 15.0 Å². The summed E-state index contributed by atoms with van der Waals surface area (Å²) in [6.07, 6.45) is 0.522. The summed E-state index contributed by atoms with van der Waals surface area (Å²) in [5, 5.41) is 0. The number of benzene rings is 1. The van der Waals surface area contributed by atoms with E-state index >= 15 is 0 Å².